The number of aromatic nitrogens is 1. The van der Waals surface area contributed by atoms with E-state index < -0.39 is 0 Å². The highest BCUT2D eigenvalue weighted by molar-refractivity contribution is 9.10. The topological polar surface area (TPSA) is 38.9 Å². The van der Waals surface area contributed by atoms with E-state index in [0.29, 0.717) is 6.54 Å². The number of nitrogens with two attached hydrogens (primary N) is 1. The highest BCUT2D eigenvalue weighted by Gasteiger charge is 2.12. The molecule has 18 heavy (non-hydrogen) atoms. The molecular weight excluding hydrogens is 308 g/mol. The molecule has 0 saturated carbocycles. The molecule has 1 aromatic heterocycles. The number of thiazole rings is 1. The van der Waals surface area contributed by atoms with Gasteiger partial charge < -0.3 is 5.73 Å². The number of rotatable bonds is 3. The number of aryl methyl sites for hydroxylation is 3. The minimum atomic E-state index is 0.579. The van der Waals surface area contributed by atoms with Crippen LogP contribution in [0.1, 0.15) is 28.6 Å². The zero-order valence-corrected chi connectivity index (χ0v) is 13.3. The number of halogens is 1. The van der Waals surface area contributed by atoms with Crippen LogP contribution in [0.2, 0.25) is 0 Å². The van der Waals surface area contributed by atoms with Crippen LogP contribution in [-0.2, 0) is 13.0 Å². The number of nitrogens with zero attached hydrogens (tertiary/aromatic N) is 1. The second-order valence-corrected chi connectivity index (χ2v) is 6.25. The van der Waals surface area contributed by atoms with E-state index in [9.17, 15) is 0 Å². The smallest absolute Gasteiger partial charge is 0.123 e. The van der Waals surface area contributed by atoms with E-state index in [4.69, 9.17) is 10.7 Å². The van der Waals surface area contributed by atoms with E-state index in [2.05, 4.69) is 48.8 Å². The standard InChI is InChI=1S/C14H17BrN2S/c1-4-11-12(7-16)18-14(17-11)10-5-8(2)13(15)9(3)6-10/h5-6H,4,7,16H2,1-3H3. The van der Waals surface area contributed by atoms with E-state index in [1.165, 1.54) is 26.0 Å². The maximum atomic E-state index is 5.76. The molecule has 2 N–H and O–H groups in total. The highest BCUT2D eigenvalue weighted by atomic mass is 79.9. The average Bonchev–Trinajstić information content (AvgIpc) is 2.78. The predicted molar refractivity (Wildman–Crippen MR) is 82.0 cm³/mol. The summed E-state index contributed by atoms with van der Waals surface area (Å²) in [5.74, 6) is 0. The Labute approximate surface area is 120 Å². The molecule has 1 heterocycles. The maximum Gasteiger partial charge on any atom is 0.123 e. The monoisotopic (exact) mass is 324 g/mol. The van der Waals surface area contributed by atoms with Gasteiger partial charge in [-0.25, -0.2) is 4.98 Å². The van der Waals surface area contributed by atoms with Crippen LogP contribution in [-0.4, -0.2) is 4.98 Å². The summed E-state index contributed by atoms with van der Waals surface area (Å²) in [4.78, 5) is 5.90. The fourth-order valence-electron chi connectivity index (χ4n) is 2.01. The van der Waals surface area contributed by atoms with Crippen LogP contribution in [0.25, 0.3) is 10.6 Å². The van der Waals surface area contributed by atoms with Gasteiger partial charge in [-0.2, -0.15) is 0 Å². The first kappa shape index (κ1) is 13.7. The SMILES string of the molecule is CCc1nc(-c2cc(C)c(Br)c(C)c2)sc1CN. The molecule has 0 aliphatic carbocycles. The van der Waals surface area contributed by atoms with Crippen LogP contribution < -0.4 is 5.73 Å². The summed E-state index contributed by atoms with van der Waals surface area (Å²) in [5, 5.41) is 1.08. The molecule has 0 amide bonds. The fourth-order valence-corrected chi connectivity index (χ4v) is 3.26. The molecule has 0 atom stereocenters. The Balaban J connectivity index is 2.52. The minimum Gasteiger partial charge on any atom is -0.326 e. The Bertz CT molecular complexity index is 531. The van der Waals surface area contributed by atoms with Crippen LogP contribution in [0, 0.1) is 13.8 Å². The first-order chi connectivity index (χ1) is 8.56. The normalized spacial score (nSPS) is 10.9. The van der Waals surface area contributed by atoms with Crippen LogP contribution in [0.4, 0.5) is 0 Å². The fraction of sp³-hybridized carbons (Fsp3) is 0.357. The third-order valence-corrected chi connectivity index (χ3v) is 5.40. The Kier molecular flexibility index (Phi) is 4.20. The molecule has 2 rings (SSSR count). The molecular formula is C14H17BrN2S. The molecule has 2 aromatic rings. The van der Waals surface area contributed by atoms with Crippen LogP contribution in [0.5, 0.6) is 0 Å². The third kappa shape index (κ3) is 2.51. The van der Waals surface area contributed by atoms with Gasteiger partial charge >= 0.3 is 0 Å². The minimum absolute atomic E-state index is 0.579. The lowest BCUT2D eigenvalue weighted by Crippen LogP contribution is -1.96. The molecule has 0 unspecified atom stereocenters. The van der Waals surface area contributed by atoms with Crippen molar-refractivity contribution in [2.75, 3.05) is 0 Å². The molecule has 0 aliphatic rings. The van der Waals surface area contributed by atoms with Gasteiger partial charge in [-0.15, -0.1) is 11.3 Å². The summed E-state index contributed by atoms with van der Waals surface area (Å²) in [6.07, 6.45) is 0.942. The molecule has 0 spiro atoms. The largest absolute Gasteiger partial charge is 0.326 e. The molecule has 0 bridgehead atoms. The molecule has 2 nitrogen and oxygen atoms in total. The van der Waals surface area contributed by atoms with E-state index >= 15 is 0 Å². The third-order valence-electron chi connectivity index (χ3n) is 2.98. The highest BCUT2D eigenvalue weighted by Crippen LogP contribution is 2.32. The molecule has 0 saturated heterocycles. The van der Waals surface area contributed by atoms with Crippen molar-refractivity contribution in [3.8, 4) is 10.6 Å². The second kappa shape index (κ2) is 5.51. The summed E-state index contributed by atoms with van der Waals surface area (Å²) < 4.78 is 1.18. The average molecular weight is 325 g/mol. The summed E-state index contributed by atoms with van der Waals surface area (Å²) >= 11 is 5.30. The molecule has 1 aromatic carbocycles. The Morgan fingerprint density at radius 3 is 2.33 bits per heavy atom. The van der Waals surface area contributed by atoms with Crippen LogP contribution in [0.3, 0.4) is 0 Å². The quantitative estimate of drug-likeness (QED) is 0.918. The van der Waals surface area contributed by atoms with Gasteiger partial charge in [0.25, 0.3) is 0 Å². The molecule has 0 aliphatic heterocycles. The van der Waals surface area contributed by atoms with Crippen molar-refractivity contribution >= 4 is 27.3 Å². The first-order valence-electron chi connectivity index (χ1n) is 6.02. The van der Waals surface area contributed by atoms with Crippen molar-refractivity contribution in [1.82, 2.24) is 4.98 Å². The van der Waals surface area contributed by atoms with Crippen molar-refractivity contribution in [3.05, 3.63) is 38.3 Å². The van der Waals surface area contributed by atoms with Gasteiger partial charge in [-0.3, -0.25) is 0 Å². The van der Waals surface area contributed by atoms with Crippen LogP contribution >= 0.6 is 27.3 Å². The summed E-state index contributed by atoms with van der Waals surface area (Å²) in [5.41, 5.74) is 10.6. The van der Waals surface area contributed by atoms with Crippen molar-refractivity contribution in [2.45, 2.75) is 33.7 Å². The van der Waals surface area contributed by atoms with Gasteiger partial charge in [0.15, 0.2) is 0 Å². The summed E-state index contributed by atoms with van der Waals surface area (Å²) in [7, 11) is 0. The predicted octanol–water partition coefficient (Wildman–Crippen LogP) is 4.21. The van der Waals surface area contributed by atoms with Gasteiger partial charge in [0.1, 0.15) is 5.01 Å². The summed E-state index contributed by atoms with van der Waals surface area (Å²) in [6.45, 7) is 6.92. The van der Waals surface area contributed by atoms with Gasteiger partial charge in [0.05, 0.1) is 5.69 Å². The number of benzene rings is 1. The van der Waals surface area contributed by atoms with Gasteiger partial charge in [-0.1, -0.05) is 22.9 Å². The van der Waals surface area contributed by atoms with Crippen molar-refractivity contribution in [1.29, 1.82) is 0 Å². The van der Waals surface area contributed by atoms with Gasteiger partial charge in [-0.05, 0) is 43.5 Å². The molecule has 96 valence electrons. The van der Waals surface area contributed by atoms with Gasteiger partial charge in [0.2, 0.25) is 0 Å². The van der Waals surface area contributed by atoms with E-state index in [1.807, 2.05) is 0 Å². The Morgan fingerprint density at radius 2 is 1.89 bits per heavy atom. The molecule has 4 heteroatoms. The number of hydrogen-bond acceptors (Lipinski definition) is 3. The zero-order chi connectivity index (χ0) is 13.3. The Hall–Kier alpha value is -0.710. The van der Waals surface area contributed by atoms with Crippen molar-refractivity contribution in [2.24, 2.45) is 5.73 Å². The maximum absolute atomic E-state index is 5.76. The second-order valence-electron chi connectivity index (χ2n) is 4.37. The molecule has 0 radical (unpaired) electrons. The zero-order valence-electron chi connectivity index (χ0n) is 10.9. The first-order valence-corrected chi connectivity index (χ1v) is 7.63. The molecule has 0 fully saturated rings. The van der Waals surface area contributed by atoms with Crippen molar-refractivity contribution < 1.29 is 0 Å². The lowest BCUT2D eigenvalue weighted by Gasteiger charge is -2.05. The number of hydrogen-bond donors (Lipinski definition) is 1. The van der Waals surface area contributed by atoms with E-state index in [1.54, 1.807) is 11.3 Å². The van der Waals surface area contributed by atoms with E-state index in [-0.39, 0.29) is 0 Å². The lowest BCUT2D eigenvalue weighted by atomic mass is 10.1. The summed E-state index contributed by atoms with van der Waals surface area (Å²) in [6, 6.07) is 4.35. The van der Waals surface area contributed by atoms with Crippen LogP contribution in [0.15, 0.2) is 16.6 Å². The van der Waals surface area contributed by atoms with Gasteiger partial charge in [0, 0.05) is 21.5 Å². The van der Waals surface area contributed by atoms with Crippen molar-refractivity contribution in [3.63, 3.8) is 0 Å². The lowest BCUT2D eigenvalue weighted by molar-refractivity contribution is 0.989. The Morgan fingerprint density at radius 1 is 1.28 bits per heavy atom. The van der Waals surface area contributed by atoms with E-state index in [0.717, 1.165) is 17.1 Å².